The fourth-order valence-electron chi connectivity index (χ4n) is 6.05. The molecule has 1 fully saturated rings. The van der Waals surface area contributed by atoms with Crippen LogP contribution in [0.15, 0.2) is 67.0 Å². The highest BCUT2D eigenvalue weighted by molar-refractivity contribution is 6.31. The predicted octanol–water partition coefficient (Wildman–Crippen LogP) is 6.41. The highest BCUT2D eigenvalue weighted by Crippen LogP contribution is 2.42. The maximum absolute atomic E-state index is 15.7. The molecule has 1 aromatic heterocycles. The molecule has 3 atom stereocenters. The van der Waals surface area contributed by atoms with Crippen LogP contribution in [0.3, 0.4) is 0 Å². The SMILES string of the molecule is CN[C@@H](C)C(=O)N[C@H](C(=O)N1CCC[C@H]1C(=O)Nc1cc2c(N(c3ccccc3)c3cccc(Cl)c3F)ncnc2cc1OCCOC)C(C)(C)C.Cl. The molecule has 53 heavy (non-hydrogen) atoms. The molecular weight excluding hydrogens is 724 g/mol. The lowest BCUT2D eigenvalue weighted by atomic mass is 9.85. The van der Waals surface area contributed by atoms with Crippen LogP contribution in [0.2, 0.25) is 5.02 Å². The van der Waals surface area contributed by atoms with Crippen LogP contribution in [-0.2, 0) is 19.1 Å². The number of fused-ring (bicyclic) bond motifs is 1. The Labute approximate surface area is 320 Å². The van der Waals surface area contributed by atoms with Crippen molar-refractivity contribution in [3.05, 3.63) is 77.8 Å². The van der Waals surface area contributed by atoms with Gasteiger partial charge in [-0.25, -0.2) is 14.4 Å². The first-order valence-electron chi connectivity index (χ1n) is 17.1. The van der Waals surface area contributed by atoms with Crippen molar-refractivity contribution in [2.75, 3.05) is 44.1 Å². The zero-order valence-electron chi connectivity index (χ0n) is 30.6. The van der Waals surface area contributed by atoms with Crippen LogP contribution in [0, 0.1) is 11.2 Å². The number of para-hydroxylation sites is 1. The summed E-state index contributed by atoms with van der Waals surface area (Å²) >= 11 is 6.24. The van der Waals surface area contributed by atoms with Crippen LogP contribution in [0.25, 0.3) is 10.9 Å². The average Bonchev–Trinajstić information content (AvgIpc) is 3.63. The van der Waals surface area contributed by atoms with E-state index in [0.717, 1.165) is 0 Å². The van der Waals surface area contributed by atoms with Gasteiger partial charge in [-0.1, -0.05) is 56.6 Å². The lowest BCUT2D eigenvalue weighted by Crippen LogP contribution is -2.59. The van der Waals surface area contributed by atoms with Crippen LogP contribution in [0.5, 0.6) is 5.75 Å². The number of nitrogens with zero attached hydrogens (tertiary/aromatic N) is 4. The molecule has 4 aromatic rings. The Morgan fingerprint density at radius 1 is 1.08 bits per heavy atom. The molecule has 5 rings (SSSR count). The van der Waals surface area contributed by atoms with Crippen molar-refractivity contribution in [1.82, 2.24) is 25.5 Å². The minimum absolute atomic E-state index is 0. The Balaban J connectivity index is 0.00000627. The van der Waals surface area contributed by atoms with E-state index in [0.29, 0.717) is 53.2 Å². The normalized spacial score (nSPS) is 15.3. The Hall–Kier alpha value is -4.56. The van der Waals surface area contributed by atoms with E-state index in [-0.39, 0.29) is 48.1 Å². The van der Waals surface area contributed by atoms with E-state index < -0.39 is 35.3 Å². The molecular formula is C38H46Cl2FN7O5. The average molecular weight is 771 g/mol. The summed E-state index contributed by atoms with van der Waals surface area (Å²) in [6, 6.07) is 15.0. The summed E-state index contributed by atoms with van der Waals surface area (Å²) in [4.78, 5) is 53.3. The first-order chi connectivity index (χ1) is 24.8. The van der Waals surface area contributed by atoms with Crippen molar-refractivity contribution in [2.45, 2.75) is 58.7 Å². The third-order valence-electron chi connectivity index (χ3n) is 8.98. The number of nitrogens with one attached hydrogen (secondary N) is 3. The van der Waals surface area contributed by atoms with Gasteiger partial charge < -0.3 is 30.3 Å². The molecule has 15 heteroatoms. The molecule has 0 saturated carbocycles. The molecule has 3 amide bonds. The first-order valence-corrected chi connectivity index (χ1v) is 17.5. The number of hydrogen-bond donors (Lipinski definition) is 3. The molecule has 0 radical (unpaired) electrons. The molecule has 1 aliphatic rings. The summed E-state index contributed by atoms with van der Waals surface area (Å²) in [5.41, 5.74) is 0.908. The number of likely N-dealkylation sites (tertiary alicyclic amines) is 1. The maximum atomic E-state index is 15.7. The second kappa shape index (κ2) is 18.0. The lowest BCUT2D eigenvalue weighted by molar-refractivity contribution is -0.143. The fourth-order valence-corrected chi connectivity index (χ4v) is 6.22. The van der Waals surface area contributed by atoms with Crippen molar-refractivity contribution >= 4 is 75.5 Å². The molecule has 2 heterocycles. The fraction of sp³-hybridized carbons (Fsp3) is 0.395. The number of amides is 3. The first kappa shape index (κ1) is 41.2. The number of hydrogen-bond acceptors (Lipinski definition) is 9. The number of likely N-dealkylation sites (N-methyl/N-ethyl adjacent to an activating group) is 1. The van der Waals surface area contributed by atoms with Gasteiger partial charge in [0, 0.05) is 30.8 Å². The number of carbonyl (C=O) groups is 3. The zero-order chi connectivity index (χ0) is 37.6. The number of ether oxygens (including phenoxy) is 2. The van der Waals surface area contributed by atoms with Crippen molar-refractivity contribution in [1.29, 1.82) is 0 Å². The highest BCUT2D eigenvalue weighted by Gasteiger charge is 2.42. The van der Waals surface area contributed by atoms with Gasteiger partial charge in [-0.05, 0) is 62.6 Å². The third kappa shape index (κ3) is 9.33. The van der Waals surface area contributed by atoms with Gasteiger partial charge in [0.15, 0.2) is 5.82 Å². The molecule has 12 nitrogen and oxygen atoms in total. The van der Waals surface area contributed by atoms with E-state index in [9.17, 15) is 14.4 Å². The number of halogens is 3. The summed E-state index contributed by atoms with van der Waals surface area (Å²) in [6.45, 7) is 8.14. The number of carbonyl (C=O) groups excluding carboxylic acids is 3. The topological polar surface area (TPSA) is 138 Å². The quantitative estimate of drug-likeness (QED) is 0.132. The van der Waals surface area contributed by atoms with Crippen LogP contribution in [-0.4, -0.2) is 84.6 Å². The van der Waals surface area contributed by atoms with Gasteiger partial charge in [-0.3, -0.25) is 19.3 Å². The molecule has 3 aromatic carbocycles. The Kier molecular flexibility index (Phi) is 14.0. The smallest absolute Gasteiger partial charge is 0.247 e. The van der Waals surface area contributed by atoms with Crippen LogP contribution in [0.1, 0.15) is 40.5 Å². The summed E-state index contributed by atoms with van der Waals surface area (Å²) in [7, 11) is 3.22. The van der Waals surface area contributed by atoms with Gasteiger partial charge in [0.1, 0.15) is 36.6 Å². The number of rotatable bonds is 13. The molecule has 0 spiro atoms. The van der Waals surface area contributed by atoms with Gasteiger partial charge in [-0.2, -0.15) is 0 Å². The molecule has 1 saturated heterocycles. The summed E-state index contributed by atoms with van der Waals surface area (Å²) in [5, 5.41) is 9.22. The van der Waals surface area contributed by atoms with E-state index in [2.05, 4.69) is 25.9 Å². The van der Waals surface area contributed by atoms with Gasteiger partial charge in [0.05, 0.1) is 34.6 Å². The highest BCUT2D eigenvalue weighted by atomic mass is 35.5. The lowest BCUT2D eigenvalue weighted by Gasteiger charge is -2.36. The number of aromatic nitrogens is 2. The van der Waals surface area contributed by atoms with E-state index in [1.807, 2.05) is 51.1 Å². The van der Waals surface area contributed by atoms with Crippen molar-refractivity contribution in [3.8, 4) is 5.75 Å². The van der Waals surface area contributed by atoms with E-state index >= 15 is 4.39 Å². The van der Waals surface area contributed by atoms with E-state index in [1.54, 1.807) is 50.2 Å². The zero-order valence-corrected chi connectivity index (χ0v) is 32.2. The largest absolute Gasteiger partial charge is 0.489 e. The second-order valence-electron chi connectivity index (χ2n) is 13.6. The van der Waals surface area contributed by atoms with Crippen LogP contribution in [0.4, 0.5) is 27.3 Å². The van der Waals surface area contributed by atoms with Gasteiger partial charge in [-0.15, -0.1) is 12.4 Å². The van der Waals surface area contributed by atoms with E-state index in [4.69, 9.17) is 21.1 Å². The standard InChI is InChI=1S/C38H45ClFN7O5.ClH/c1-23(41-5)35(48)45-33(38(2,3)4)37(50)46-17-11-16-30(46)36(49)44-28-20-25-27(21-31(28)52-19-18-51-6)42-22-43-34(25)47(24-12-8-7-9-13-24)29-15-10-14-26(39)32(29)40;/h7-10,12-15,20-23,30,33,41H,11,16-19H2,1-6H3,(H,44,49)(H,45,48);1H/t23-,30-,33+;/m0./s1. The Bertz CT molecular complexity index is 1910. The molecule has 0 unspecified atom stereocenters. The molecule has 3 N–H and O–H groups in total. The molecule has 1 aliphatic heterocycles. The van der Waals surface area contributed by atoms with Gasteiger partial charge in [0.2, 0.25) is 17.7 Å². The summed E-state index contributed by atoms with van der Waals surface area (Å²) in [5.74, 6) is -1.07. The second-order valence-corrected chi connectivity index (χ2v) is 14.1. The van der Waals surface area contributed by atoms with Crippen LogP contribution >= 0.6 is 24.0 Å². The van der Waals surface area contributed by atoms with Crippen molar-refractivity contribution in [3.63, 3.8) is 0 Å². The van der Waals surface area contributed by atoms with Gasteiger partial charge in [0.25, 0.3) is 0 Å². The third-order valence-corrected chi connectivity index (χ3v) is 9.27. The van der Waals surface area contributed by atoms with Crippen LogP contribution < -0.4 is 25.6 Å². The summed E-state index contributed by atoms with van der Waals surface area (Å²) in [6.07, 6.45) is 2.40. The Morgan fingerprint density at radius 3 is 2.49 bits per heavy atom. The number of anilines is 4. The van der Waals surface area contributed by atoms with Gasteiger partial charge >= 0.3 is 0 Å². The minimum atomic E-state index is -0.867. The molecule has 0 aliphatic carbocycles. The van der Waals surface area contributed by atoms with Crippen molar-refractivity contribution < 1.29 is 28.2 Å². The molecule has 0 bridgehead atoms. The monoisotopic (exact) mass is 769 g/mol. The summed E-state index contributed by atoms with van der Waals surface area (Å²) < 4.78 is 26.9. The Morgan fingerprint density at radius 2 is 1.81 bits per heavy atom. The molecule has 284 valence electrons. The maximum Gasteiger partial charge on any atom is 0.247 e. The predicted molar refractivity (Wildman–Crippen MR) is 207 cm³/mol. The number of methoxy groups -OCH3 is 1. The van der Waals surface area contributed by atoms with E-state index in [1.165, 1.54) is 17.3 Å². The number of benzene rings is 3. The van der Waals surface area contributed by atoms with Crippen molar-refractivity contribution in [2.24, 2.45) is 5.41 Å². The minimum Gasteiger partial charge on any atom is -0.489 e.